The van der Waals surface area contributed by atoms with Crippen LogP contribution in [0.3, 0.4) is 0 Å². The number of carboxylic acids is 1. The molecular formula is C30H47N7O2. The molecule has 0 fully saturated rings. The minimum Gasteiger partial charge on any atom is -0.480 e. The molecule has 0 bridgehead atoms. The minimum absolute atomic E-state index is 0.0660. The number of aliphatic carboxylic acids is 1. The Balaban J connectivity index is 1.58. The molecule has 9 heteroatoms. The largest absolute Gasteiger partial charge is 0.480 e. The summed E-state index contributed by atoms with van der Waals surface area (Å²) in [6.45, 7) is 11.5. The van der Waals surface area contributed by atoms with Crippen molar-refractivity contribution in [3.05, 3.63) is 71.8 Å². The summed E-state index contributed by atoms with van der Waals surface area (Å²) in [5, 5.41) is 9.47. The maximum absolute atomic E-state index is 11.5. The van der Waals surface area contributed by atoms with E-state index in [1.54, 1.807) is 0 Å². The van der Waals surface area contributed by atoms with Crippen molar-refractivity contribution in [3.63, 3.8) is 0 Å². The number of benzene rings is 1. The van der Waals surface area contributed by atoms with Gasteiger partial charge in [-0.1, -0.05) is 38.1 Å². The predicted molar refractivity (Wildman–Crippen MR) is 155 cm³/mol. The van der Waals surface area contributed by atoms with Gasteiger partial charge in [-0.15, -0.1) is 0 Å². The number of hydrogen-bond acceptors (Lipinski definition) is 6. The molecule has 2 aromatic heterocycles. The highest BCUT2D eigenvalue weighted by molar-refractivity contribution is 5.69. The van der Waals surface area contributed by atoms with Crippen molar-refractivity contribution in [1.82, 2.24) is 33.8 Å². The summed E-state index contributed by atoms with van der Waals surface area (Å²) in [5.74, 6) is 1.25. The van der Waals surface area contributed by atoms with E-state index in [-0.39, 0.29) is 6.54 Å². The normalized spacial score (nSPS) is 11.8. The second-order valence-electron chi connectivity index (χ2n) is 10.5. The number of aryl methyl sites for hydroxylation is 2. The maximum atomic E-state index is 11.5. The molecule has 214 valence electrons. The summed E-state index contributed by atoms with van der Waals surface area (Å²) < 4.78 is 4.10. The minimum atomic E-state index is -0.774. The van der Waals surface area contributed by atoms with Crippen LogP contribution in [-0.2, 0) is 45.1 Å². The molecule has 0 aliphatic rings. The quantitative estimate of drug-likeness (QED) is 0.230. The van der Waals surface area contributed by atoms with Crippen LogP contribution in [0.25, 0.3) is 0 Å². The maximum Gasteiger partial charge on any atom is 0.317 e. The Kier molecular flexibility index (Phi) is 12.7. The molecule has 0 amide bonds. The summed E-state index contributed by atoms with van der Waals surface area (Å²) in [5.41, 5.74) is 2.34. The van der Waals surface area contributed by atoms with Crippen LogP contribution in [0.1, 0.15) is 62.3 Å². The van der Waals surface area contributed by atoms with Gasteiger partial charge in [0, 0.05) is 52.0 Å². The molecule has 2 heterocycles. The number of carbonyl (C=O) groups is 1. The molecule has 39 heavy (non-hydrogen) atoms. The molecule has 1 aromatic carbocycles. The van der Waals surface area contributed by atoms with Gasteiger partial charge in [0.05, 0.1) is 19.6 Å². The van der Waals surface area contributed by atoms with E-state index in [9.17, 15) is 9.90 Å². The molecule has 0 aliphatic heterocycles. The van der Waals surface area contributed by atoms with E-state index < -0.39 is 5.97 Å². The molecule has 0 aliphatic carbocycles. The highest BCUT2D eigenvalue weighted by Crippen LogP contribution is 2.15. The van der Waals surface area contributed by atoms with Gasteiger partial charge in [0.2, 0.25) is 0 Å². The molecule has 1 N–H and O–H groups in total. The van der Waals surface area contributed by atoms with Gasteiger partial charge >= 0.3 is 5.97 Å². The average molecular weight is 538 g/mol. The van der Waals surface area contributed by atoms with Gasteiger partial charge in [0.15, 0.2) is 0 Å². The molecule has 3 rings (SSSR count). The molecule has 0 atom stereocenters. The van der Waals surface area contributed by atoms with Crippen molar-refractivity contribution < 1.29 is 9.90 Å². The Hall–Kier alpha value is -3.01. The van der Waals surface area contributed by atoms with E-state index in [1.807, 2.05) is 38.9 Å². The van der Waals surface area contributed by atoms with Crippen molar-refractivity contribution in [2.75, 3.05) is 32.7 Å². The second kappa shape index (κ2) is 16.2. The number of carboxylic acid groups (broad SMARTS) is 1. The zero-order valence-corrected chi connectivity index (χ0v) is 24.3. The lowest BCUT2D eigenvalue weighted by Gasteiger charge is -2.24. The molecule has 0 saturated heterocycles. The van der Waals surface area contributed by atoms with E-state index in [2.05, 4.69) is 71.9 Å². The third kappa shape index (κ3) is 10.6. The van der Waals surface area contributed by atoms with Crippen molar-refractivity contribution >= 4 is 5.97 Å². The zero-order chi connectivity index (χ0) is 28.0. The lowest BCUT2D eigenvalue weighted by molar-refractivity contribution is -0.138. The molecule has 0 radical (unpaired) electrons. The highest BCUT2D eigenvalue weighted by Gasteiger charge is 2.15. The van der Waals surface area contributed by atoms with Crippen molar-refractivity contribution in [3.8, 4) is 0 Å². The third-order valence-corrected chi connectivity index (χ3v) is 7.04. The monoisotopic (exact) mass is 537 g/mol. The Labute approximate surface area is 234 Å². The Morgan fingerprint density at radius 2 is 1.18 bits per heavy atom. The number of rotatable bonds is 19. The lowest BCUT2D eigenvalue weighted by Crippen LogP contribution is -2.31. The van der Waals surface area contributed by atoms with E-state index in [0.717, 1.165) is 75.9 Å². The Morgan fingerprint density at radius 3 is 1.59 bits per heavy atom. The van der Waals surface area contributed by atoms with Gasteiger partial charge in [-0.3, -0.25) is 14.6 Å². The van der Waals surface area contributed by atoms with Crippen LogP contribution in [-0.4, -0.2) is 77.6 Å². The highest BCUT2D eigenvalue weighted by atomic mass is 16.4. The van der Waals surface area contributed by atoms with E-state index in [1.165, 1.54) is 18.4 Å². The summed E-state index contributed by atoms with van der Waals surface area (Å²) >= 11 is 0. The van der Waals surface area contributed by atoms with Gasteiger partial charge in [-0.05, 0) is 63.0 Å². The van der Waals surface area contributed by atoms with E-state index in [4.69, 9.17) is 0 Å². The van der Waals surface area contributed by atoms with Crippen LogP contribution in [0.5, 0.6) is 0 Å². The third-order valence-electron chi connectivity index (χ3n) is 7.04. The smallest absolute Gasteiger partial charge is 0.317 e. The first-order valence-corrected chi connectivity index (χ1v) is 14.3. The molecule has 9 nitrogen and oxygen atoms in total. The van der Waals surface area contributed by atoms with Crippen LogP contribution >= 0.6 is 0 Å². The fourth-order valence-electron chi connectivity index (χ4n) is 4.98. The van der Waals surface area contributed by atoms with Crippen LogP contribution in [0.2, 0.25) is 0 Å². The summed E-state index contributed by atoms with van der Waals surface area (Å²) in [4.78, 5) is 27.5. The average Bonchev–Trinajstić information content (AvgIpc) is 3.49. The van der Waals surface area contributed by atoms with Gasteiger partial charge in [0.25, 0.3) is 0 Å². The SMILES string of the molecule is CCCN(CCC)CCCCN(CC(=O)O)Cc1ccc(CN(Cc2nccn2C)Cc2nccn2C)cc1. The molecule has 3 aromatic rings. The molecule has 0 saturated carbocycles. The number of imidazole rings is 2. The first-order chi connectivity index (χ1) is 18.9. The van der Waals surface area contributed by atoms with Crippen LogP contribution in [0, 0.1) is 0 Å². The first kappa shape index (κ1) is 30.5. The van der Waals surface area contributed by atoms with Crippen molar-refractivity contribution in [2.24, 2.45) is 14.1 Å². The summed E-state index contributed by atoms with van der Waals surface area (Å²) in [7, 11) is 4.04. The van der Waals surface area contributed by atoms with Crippen molar-refractivity contribution in [1.29, 1.82) is 0 Å². The van der Waals surface area contributed by atoms with Crippen molar-refractivity contribution in [2.45, 2.75) is 65.7 Å². The molecule has 0 spiro atoms. The zero-order valence-electron chi connectivity index (χ0n) is 24.3. The molecule has 0 unspecified atom stereocenters. The van der Waals surface area contributed by atoms with E-state index in [0.29, 0.717) is 6.54 Å². The van der Waals surface area contributed by atoms with Gasteiger partial charge in [-0.2, -0.15) is 0 Å². The fraction of sp³-hybridized carbons (Fsp3) is 0.567. The number of nitrogens with zero attached hydrogens (tertiary/aromatic N) is 7. The summed E-state index contributed by atoms with van der Waals surface area (Å²) in [6, 6.07) is 8.58. The predicted octanol–water partition coefficient (Wildman–Crippen LogP) is 4.14. The fourth-order valence-corrected chi connectivity index (χ4v) is 4.98. The summed E-state index contributed by atoms with van der Waals surface area (Å²) in [6.07, 6.45) is 12.0. The Morgan fingerprint density at radius 1 is 0.718 bits per heavy atom. The van der Waals surface area contributed by atoms with Crippen LogP contribution in [0.4, 0.5) is 0 Å². The Bertz CT molecular complexity index is 1060. The van der Waals surface area contributed by atoms with Gasteiger partial charge in [-0.25, -0.2) is 9.97 Å². The standard InChI is InChI=1S/C30H47N7O2/c1-5-15-35(16-6-2)17-7-8-18-36(25-30(38)39)21-26-9-11-27(12-10-26)22-37(23-28-31-13-19-33(28)3)24-29-32-14-20-34(29)4/h9-14,19-20H,5-8,15-18,21-25H2,1-4H3,(H,38,39). The molecular weight excluding hydrogens is 490 g/mol. The van der Waals surface area contributed by atoms with E-state index >= 15 is 0 Å². The lowest BCUT2D eigenvalue weighted by atomic mass is 10.1. The number of unbranched alkanes of at least 4 members (excludes halogenated alkanes) is 1. The first-order valence-electron chi connectivity index (χ1n) is 14.3. The van der Waals surface area contributed by atoms with Gasteiger partial charge in [0.1, 0.15) is 11.6 Å². The number of aromatic nitrogens is 4. The van der Waals surface area contributed by atoms with Gasteiger partial charge < -0.3 is 19.1 Å². The number of hydrogen-bond donors (Lipinski definition) is 1. The van der Waals surface area contributed by atoms with Crippen LogP contribution < -0.4 is 0 Å². The van der Waals surface area contributed by atoms with Crippen LogP contribution in [0.15, 0.2) is 49.1 Å². The topological polar surface area (TPSA) is 82.7 Å². The second-order valence-corrected chi connectivity index (χ2v) is 10.5.